The minimum Gasteiger partial charge on any atom is -0.381 e. The quantitative estimate of drug-likeness (QED) is 0.197. The van der Waals surface area contributed by atoms with Gasteiger partial charge in [0, 0.05) is 60.2 Å². The number of ether oxygens (including phenoxy) is 2. The van der Waals surface area contributed by atoms with E-state index in [0.29, 0.717) is 32.8 Å². The summed E-state index contributed by atoms with van der Waals surface area (Å²) < 4.78 is 11.5. The van der Waals surface area contributed by atoms with Crippen molar-refractivity contribution in [3.63, 3.8) is 0 Å². The van der Waals surface area contributed by atoms with Crippen molar-refractivity contribution in [2.75, 3.05) is 37.9 Å². The number of amides is 4. The molecule has 0 aliphatic carbocycles. The van der Waals surface area contributed by atoms with Crippen LogP contribution in [0.2, 0.25) is 0 Å². The largest absolute Gasteiger partial charge is 0.381 e. The number of carbonyl (C=O) groups excluding carboxylic acids is 4. The molecule has 3 fully saturated rings. The Bertz CT molecular complexity index is 997. The van der Waals surface area contributed by atoms with E-state index in [1.165, 1.54) is 4.90 Å². The summed E-state index contributed by atoms with van der Waals surface area (Å²) in [6.45, 7) is 10.4. The molecular formula is C30H46N2O6S2. The van der Waals surface area contributed by atoms with Gasteiger partial charge in [0.1, 0.15) is 0 Å². The van der Waals surface area contributed by atoms with Crippen LogP contribution in [0.3, 0.4) is 0 Å². The third kappa shape index (κ3) is 7.34. The van der Waals surface area contributed by atoms with Gasteiger partial charge in [-0.15, -0.1) is 11.8 Å². The maximum Gasteiger partial charge on any atom is 0.254 e. The molecule has 10 heteroatoms. The lowest BCUT2D eigenvalue weighted by molar-refractivity contribution is -0.158. The zero-order valence-electron chi connectivity index (χ0n) is 24.6. The maximum absolute atomic E-state index is 13.0. The van der Waals surface area contributed by atoms with Crippen molar-refractivity contribution in [3.8, 4) is 0 Å². The second-order valence-electron chi connectivity index (χ2n) is 12.6. The fourth-order valence-electron chi connectivity index (χ4n) is 6.35. The highest BCUT2D eigenvalue weighted by atomic mass is 32.2. The first-order chi connectivity index (χ1) is 19.0. The van der Waals surface area contributed by atoms with Crippen molar-refractivity contribution in [1.82, 2.24) is 9.80 Å². The second-order valence-corrected chi connectivity index (χ2v) is 15.1. The number of imide groups is 2. The molecule has 8 nitrogen and oxygen atoms in total. The highest BCUT2D eigenvalue weighted by Gasteiger charge is 2.48. The Morgan fingerprint density at radius 1 is 0.800 bits per heavy atom. The number of likely N-dealkylation sites (tertiary alicyclic amines) is 1. The molecule has 0 N–H and O–H groups in total. The number of carbonyl (C=O) groups is 4. The van der Waals surface area contributed by atoms with Crippen molar-refractivity contribution in [3.05, 3.63) is 11.0 Å². The van der Waals surface area contributed by atoms with Crippen molar-refractivity contribution < 1.29 is 28.7 Å². The first-order valence-corrected chi connectivity index (χ1v) is 16.9. The number of fused-ring (bicyclic) bond motifs is 2. The van der Waals surface area contributed by atoms with Gasteiger partial charge in [-0.1, -0.05) is 0 Å². The van der Waals surface area contributed by atoms with Crippen molar-refractivity contribution in [2.45, 2.75) is 102 Å². The van der Waals surface area contributed by atoms with E-state index < -0.39 is 11.1 Å². The summed E-state index contributed by atoms with van der Waals surface area (Å²) in [5, 5.41) is 0.178. The van der Waals surface area contributed by atoms with Crippen LogP contribution in [0.25, 0.3) is 0 Å². The van der Waals surface area contributed by atoms with Gasteiger partial charge in [0.05, 0.1) is 11.8 Å². The van der Waals surface area contributed by atoms with Gasteiger partial charge in [0.15, 0.2) is 0 Å². The van der Waals surface area contributed by atoms with Gasteiger partial charge < -0.3 is 9.47 Å². The standard InChI is InChI=1S/C30H46N2O6S2/c1-29(2,31-25(33)19-23-21(27(31)35)9-17-39-23)11-5-6-13-37-15-8-16-38-14-7-12-30(3,4)32-26(34)20-24-22(28(32)36)10-18-40-24/h19,21-22,24H,5-18,20H2,1-4H3. The van der Waals surface area contributed by atoms with Crippen LogP contribution in [-0.4, -0.2) is 87.7 Å². The molecule has 0 spiro atoms. The molecule has 4 amide bonds. The summed E-state index contributed by atoms with van der Waals surface area (Å²) in [6, 6.07) is 0. The fraction of sp³-hybridized carbons (Fsp3) is 0.800. The van der Waals surface area contributed by atoms with Gasteiger partial charge in [0.25, 0.3) is 5.91 Å². The van der Waals surface area contributed by atoms with Crippen LogP contribution in [0.15, 0.2) is 11.0 Å². The van der Waals surface area contributed by atoms with Crippen LogP contribution in [0, 0.1) is 11.8 Å². The lowest BCUT2D eigenvalue weighted by Gasteiger charge is -2.42. The molecular weight excluding hydrogens is 548 g/mol. The predicted octanol–water partition coefficient (Wildman–Crippen LogP) is 4.80. The van der Waals surface area contributed by atoms with Gasteiger partial charge in [-0.05, 0) is 90.6 Å². The lowest BCUT2D eigenvalue weighted by atomic mass is 9.87. The van der Waals surface area contributed by atoms with Crippen LogP contribution in [0.4, 0.5) is 0 Å². The molecule has 4 aliphatic rings. The van der Waals surface area contributed by atoms with E-state index in [9.17, 15) is 19.2 Å². The zero-order chi connectivity index (χ0) is 28.9. The van der Waals surface area contributed by atoms with E-state index in [1.54, 1.807) is 34.5 Å². The zero-order valence-corrected chi connectivity index (χ0v) is 26.2. The predicted molar refractivity (Wildman–Crippen MR) is 159 cm³/mol. The van der Waals surface area contributed by atoms with Gasteiger partial charge in [0.2, 0.25) is 17.7 Å². The molecule has 0 bridgehead atoms. The molecule has 224 valence electrons. The van der Waals surface area contributed by atoms with Gasteiger partial charge in [-0.25, -0.2) is 0 Å². The van der Waals surface area contributed by atoms with Crippen LogP contribution >= 0.6 is 23.5 Å². The highest BCUT2D eigenvalue weighted by molar-refractivity contribution is 8.03. The monoisotopic (exact) mass is 594 g/mol. The summed E-state index contributed by atoms with van der Waals surface area (Å²) >= 11 is 3.40. The molecule has 4 heterocycles. The lowest BCUT2D eigenvalue weighted by Crippen LogP contribution is -2.58. The minimum atomic E-state index is -0.502. The molecule has 40 heavy (non-hydrogen) atoms. The van der Waals surface area contributed by atoms with E-state index >= 15 is 0 Å². The summed E-state index contributed by atoms with van der Waals surface area (Å²) in [6.07, 6.45) is 8.71. The van der Waals surface area contributed by atoms with Crippen LogP contribution in [0.1, 0.15) is 85.5 Å². The Morgan fingerprint density at radius 3 is 2.20 bits per heavy atom. The number of nitrogens with zero attached hydrogens (tertiary/aromatic N) is 2. The number of hydrogen-bond acceptors (Lipinski definition) is 8. The molecule has 4 aliphatic heterocycles. The van der Waals surface area contributed by atoms with E-state index in [-0.39, 0.29) is 40.7 Å². The average Bonchev–Trinajstić information content (AvgIpc) is 3.54. The molecule has 3 atom stereocenters. The molecule has 0 radical (unpaired) electrons. The SMILES string of the molecule is CC(C)(CCCCOCCCOCCCC(C)(C)N1C(=O)CC2SCCC2C1=O)N1C(=O)C=C2SCCC2C1=O. The van der Waals surface area contributed by atoms with Crippen molar-refractivity contribution in [2.24, 2.45) is 11.8 Å². The van der Waals surface area contributed by atoms with E-state index in [1.807, 2.05) is 27.7 Å². The third-order valence-corrected chi connectivity index (χ3v) is 11.2. The van der Waals surface area contributed by atoms with Crippen LogP contribution < -0.4 is 0 Å². The molecule has 3 saturated heterocycles. The Morgan fingerprint density at radius 2 is 1.45 bits per heavy atom. The van der Waals surface area contributed by atoms with Gasteiger partial charge >= 0.3 is 0 Å². The number of hydrogen-bond donors (Lipinski definition) is 0. The minimum absolute atomic E-state index is 0.00424. The first-order valence-electron chi connectivity index (χ1n) is 14.9. The van der Waals surface area contributed by atoms with E-state index in [4.69, 9.17) is 9.47 Å². The Balaban J connectivity index is 1.03. The molecule has 0 aromatic heterocycles. The Kier molecular flexibility index (Phi) is 10.8. The number of rotatable bonds is 15. The number of piperidine rings is 1. The molecule has 0 aromatic rings. The summed E-state index contributed by atoms with van der Waals surface area (Å²) in [5.41, 5.74) is -0.990. The highest BCUT2D eigenvalue weighted by Crippen LogP contribution is 2.43. The normalized spacial score (nSPS) is 25.5. The maximum atomic E-state index is 13.0. The molecule has 0 aromatic carbocycles. The first kappa shape index (κ1) is 31.6. The van der Waals surface area contributed by atoms with Crippen LogP contribution in [0.5, 0.6) is 0 Å². The Labute approximate surface area is 247 Å². The summed E-state index contributed by atoms with van der Waals surface area (Å²) in [5.74, 6) is 1.54. The third-order valence-electron chi connectivity index (χ3n) is 8.59. The number of thioether (sulfide) groups is 2. The molecule has 4 rings (SSSR count). The molecule has 3 unspecified atom stereocenters. The fourth-order valence-corrected chi connectivity index (χ4v) is 8.98. The van der Waals surface area contributed by atoms with Crippen LogP contribution in [-0.2, 0) is 28.7 Å². The topological polar surface area (TPSA) is 93.2 Å². The van der Waals surface area contributed by atoms with Gasteiger partial charge in [-0.3, -0.25) is 29.0 Å². The van der Waals surface area contributed by atoms with Gasteiger partial charge in [-0.2, -0.15) is 11.8 Å². The number of unbranched alkanes of at least 4 members (excludes halogenated alkanes) is 1. The van der Waals surface area contributed by atoms with E-state index in [0.717, 1.165) is 67.8 Å². The Hall–Kier alpha value is -1.36. The molecule has 0 saturated carbocycles. The van der Waals surface area contributed by atoms with Crippen molar-refractivity contribution in [1.29, 1.82) is 0 Å². The average molecular weight is 595 g/mol. The van der Waals surface area contributed by atoms with Crippen molar-refractivity contribution >= 4 is 47.2 Å². The smallest absolute Gasteiger partial charge is 0.254 e. The van der Waals surface area contributed by atoms with E-state index in [2.05, 4.69) is 0 Å². The summed E-state index contributed by atoms with van der Waals surface area (Å²) in [7, 11) is 0. The second kappa shape index (κ2) is 13.7. The summed E-state index contributed by atoms with van der Waals surface area (Å²) in [4.78, 5) is 55.2.